The standard InChI is InChI=1S/C6H12N2S2/c1-8-5-4-7-6(8)10(2,3)9/h4-5,9H,1-3H3. The number of nitrogens with zero attached hydrogens (tertiary/aromatic N) is 2. The Hall–Kier alpha value is -0.0900. The first kappa shape index (κ1) is 8.01. The van der Waals surface area contributed by atoms with Gasteiger partial charge in [0.25, 0.3) is 0 Å². The van der Waals surface area contributed by atoms with Crippen molar-refractivity contribution < 1.29 is 0 Å². The zero-order chi connectivity index (χ0) is 7.78. The van der Waals surface area contributed by atoms with E-state index in [9.17, 15) is 0 Å². The lowest BCUT2D eigenvalue weighted by molar-refractivity contribution is 0.788. The molecule has 0 radical (unpaired) electrons. The van der Waals surface area contributed by atoms with Crippen LogP contribution < -0.4 is 0 Å². The molecule has 0 spiro atoms. The summed E-state index contributed by atoms with van der Waals surface area (Å²) in [6, 6.07) is 0. The fourth-order valence-electron chi connectivity index (χ4n) is 0.833. The summed E-state index contributed by atoms with van der Waals surface area (Å²) in [5, 5.41) is 1.08. The summed E-state index contributed by atoms with van der Waals surface area (Å²) in [6.07, 6.45) is 7.97. The van der Waals surface area contributed by atoms with Crippen molar-refractivity contribution in [2.75, 3.05) is 12.5 Å². The fraction of sp³-hybridized carbons (Fsp3) is 0.500. The lowest BCUT2D eigenvalue weighted by Gasteiger charge is -2.22. The van der Waals surface area contributed by atoms with Crippen molar-refractivity contribution in [2.45, 2.75) is 5.16 Å². The summed E-state index contributed by atoms with van der Waals surface area (Å²) in [6.45, 7) is 0. The van der Waals surface area contributed by atoms with Crippen molar-refractivity contribution in [1.29, 1.82) is 0 Å². The van der Waals surface area contributed by atoms with Gasteiger partial charge >= 0.3 is 0 Å². The van der Waals surface area contributed by atoms with Gasteiger partial charge in [0.15, 0.2) is 5.16 Å². The Bertz CT molecular complexity index is 224. The van der Waals surface area contributed by atoms with Crippen molar-refractivity contribution in [3.63, 3.8) is 0 Å². The molecule has 0 saturated carbocycles. The molecule has 1 rings (SSSR count). The number of aromatic nitrogens is 2. The zero-order valence-corrected chi connectivity index (χ0v) is 8.12. The molecule has 0 unspecified atom stereocenters. The van der Waals surface area contributed by atoms with Gasteiger partial charge in [-0.15, -0.1) is 20.7 Å². The number of hydrogen-bond acceptors (Lipinski definition) is 2. The molecular weight excluding hydrogens is 164 g/mol. The molecule has 0 N–H and O–H groups in total. The lowest BCUT2D eigenvalue weighted by Crippen LogP contribution is -1.97. The molecule has 0 bridgehead atoms. The molecule has 2 nitrogen and oxygen atoms in total. The van der Waals surface area contributed by atoms with E-state index in [1.165, 1.54) is 0 Å². The summed E-state index contributed by atoms with van der Waals surface area (Å²) in [5.41, 5.74) is 0. The first-order chi connectivity index (χ1) is 4.52. The molecule has 58 valence electrons. The highest BCUT2D eigenvalue weighted by atomic mass is 33.1. The average Bonchev–Trinajstić information content (AvgIpc) is 2.11. The number of aryl methyl sites for hydroxylation is 1. The first-order valence-corrected chi connectivity index (χ1v) is 6.45. The van der Waals surface area contributed by atoms with E-state index >= 15 is 0 Å². The fourth-order valence-corrected chi connectivity index (χ4v) is 2.45. The summed E-state index contributed by atoms with van der Waals surface area (Å²) in [5.74, 6) is 0. The predicted molar refractivity (Wildman–Crippen MR) is 49.9 cm³/mol. The van der Waals surface area contributed by atoms with Gasteiger partial charge in [-0.1, -0.05) is 0 Å². The van der Waals surface area contributed by atoms with E-state index in [2.05, 4.69) is 29.2 Å². The average molecular weight is 176 g/mol. The lowest BCUT2D eigenvalue weighted by atomic mass is 10.9. The quantitative estimate of drug-likeness (QED) is 0.509. The molecule has 0 aliphatic heterocycles. The number of hydrogen-bond donors (Lipinski definition) is 1. The van der Waals surface area contributed by atoms with Gasteiger partial charge in [-0.3, -0.25) is 0 Å². The van der Waals surface area contributed by atoms with Crippen LogP contribution in [0.1, 0.15) is 0 Å². The van der Waals surface area contributed by atoms with E-state index < -0.39 is 9.06 Å². The van der Waals surface area contributed by atoms with Crippen LogP contribution >= 0.6 is 20.7 Å². The van der Waals surface area contributed by atoms with Gasteiger partial charge in [-0.2, -0.15) is 0 Å². The Labute approximate surface area is 67.8 Å². The second-order valence-electron chi connectivity index (χ2n) is 2.59. The van der Waals surface area contributed by atoms with E-state index in [4.69, 9.17) is 0 Å². The maximum atomic E-state index is 4.48. The molecule has 0 aromatic carbocycles. The van der Waals surface area contributed by atoms with Crippen LogP contribution in [-0.2, 0) is 7.05 Å². The van der Waals surface area contributed by atoms with Crippen molar-refractivity contribution in [2.24, 2.45) is 7.05 Å². The van der Waals surface area contributed by atoms with Gasteiger partial charge in [0.1, 0.15) is 0 Å². The van der Waals surface area contributed by atoms with E-state index in [1.807, 2.05) is 17.8 Å². The number of imidazole rings is 1. The van der Waals surface area contributed by atoms with Gasteiger partial charge in [0, 0.05) is 19.4 Å². The van der Waals surface area contributed by atoms with Crippen LogP contribution in [0.3, 0.4) is 0 Å². The highest BCUT2D eigenvalue weighted by molar-refractivity contribution is 8.87. The molecule has 4 heteroatoms. The van der Waals surface area contributed by atoms with Crippen molar-refractivity contribution >= 4 is 20.7 Å². The van der Waals surface area contributed by atoms with Crippen LogP contribution in [0.2, 0.25) is 0 Å². The van der Waals surface area contributed by atoms with Gasteiger partial charge in [0.2, 0.25) is 0 Å². The first-order valence-electron chi connectivity index (χ1n) is 2.95. The third-order valence-corrected chi connectivity index (χ3v) is 3.00. The highest BCUT2D eigenvalue weighted by Gasteiger charge is 2.12. The Morgan fingerprint density at radius 2 is 2.20 bits per heavy atom. The Morgan fingerprint density at radius 1 is 1.60 bits per heavy atom. The Morgan fingerprint density at radius 3 is 2.40 bits per heavy atom. The summed E-state index contributed by atoms with van der Waals surface area (Å²) < 4.78 is 2.02. The van der Waals surface area contributed by atoms with E-state index in [0.717, 1.165) is 5.16 Å². The highest BCUT2D eigenvalue weighted by Crippen LogP contribution is 2.51. The molecule has 1 aromatic heterocycles. The molecular formula is C6H12N2S2. The molecule has 1 heterocycles. The minimum atomic E-state index is -0.944. The smallest absolute Gasteiger partial charge is 0.158 e. The maximum Gasteiger partial charge on any atom is 0.158 e. The van der Waals surface area contributed by atoms with Gasteiger partial charge < -0.3 is 4.57 Å². The Kier molecular flexibility index (Phi) is 2.01. The van der Waals surface area contributed by atoms with Gasteiger partial charge in [-0.05, 0) is 12.5 Å². The third-order valence-electron chi connectivity index (χ3n) is 1.22. The second kappa shape index (κ2) is 2.51. The minimum Gasteiger partial charge on any atom is -0.330 e. The summed E-state index contributed by atoms with van der Waals surface area (Å²) >= 11 is 4.48. The number of thiol groups is 1. The normalized spacial score (nSPS) is 13.6. The molecule has 0 amide bonds. The maximum absolute atomic E-state index is 4.48. The largest absolute Gasteiger partial charge is 0.330 e. The summed E-state index contributed by atoms with van der Waals surface area (Å²) in [7, 11) is 1.05. The van der Waals surface area contributed by atoms with E-state index in [0.29, 0.717) is 0 Å². The van der Waals surface area contributed by atoms with Crippen LogP contribution in [0.5, 0.6) is 0 Å². The molecule has 10 heavy (non-hydrogen) atoms. The van der Waals surface area contributed by atoms with Crippen LogP contribution in [0, 0.1) is 0 Å². The molecule has 0 aliphatic carbocycles. The SMILES string of the molecule is Cn1ccnc1S(C)(C)S. The second-order valence-corrected chi connectivity index (χ2v) is 8.24. The molecule has 0 fully saturated rings. The summed E-state index contributed by atoms with van der Waals surface area (Å²) in [4.78, 5) is 4.21. The van der Waals surface area contributed by atoms with Crippen LogP contribution in [-0.4, -0.2) is 22.1 Å². The zero-order valence-electron chi connectivity index (χ0n) is 6.40. The minimum absolute atomic E-state index is 0.944. The van der Waals surface area contributed by atoms with Crippen LogP contribution in [0.15, 0.2) is 17.6 Å². The van der Waals surface area contributed by atoms with Crippen LogP contribution in [0.4, 0.5) is 0 Å². The Balaban J connectivity index is 3.05. The van der Waals surface area contributed by atoms with E-state index in [1.54, 1.807) is 6.20 Å². The third kappa shape index (κ3) is 1.49. The van der Waals surface area contributed by atoms with Crippen molar-refractivity contribution in [3.05, 3.63) is 12.4 Å². The predicted octanol–water partition coefficient (Wildman–Crippen LogP) is 1.69. The monoisotopic (exact) mass is 176 g/mol. The van der Waals surface area contributed by atoms with Crippen LogP contribution in [0.25, 0.3) is 0 Å². The molecule has 0 saturated heterocycles. The van der Waals surface area contributed by atoms with Gasteiger partial charge in [0.05, 0.1) is 0 Å². The van der Waals surface area contributed by atoms with Crippen molar-refractivity contribution in [1.82, 2.24) is 9.55 Å². The molecule has 0 atom stereocenters. The number of rotatable bonds is 1. The molecule has 1 aromatic rings. The van der Waals surface area contributed by atoms with Crippen molar-refractivity contribution in [3.8, 4) is 0 Å². The topological polar surface area (TPSA) is 17.8 Å². The van der Waals surface area contributed by atoms with E-state index in [-0.39, 0.29) is 0 Å². The molecule has 0 aliphatic rings. The van der Waals surface area contributed by atoms with Gasteiger partial charge in [-0.25, -0.2) is 4.98 Å².